The molecule has 11 heteroatoms. The van der Waals surface area contributed by atoms with Gasteiger partial charge in [0.2, 0.25) is 12.7 Å². The Morgan fingerprint density at radius 2 is 1.82 bits per heavy atom. The second-order valence-corrected chi connectivity index (χ2v) is 9.65. The number of aromatic nitrogens is 2. The van der Waals surface area contributed by atoms with Crippen molar-refractivity contribution in [2.24, 2.45) is 0 Å². The Hall–Kier alpha value is -4.54. The Kier molecular flexibility index (Phi) is 8.48. The highest BCUT2D eigenvalue weighted by atomic mass is 16.7. The first-order chi connectivity index (χ1) is 19.5. The number of anilines is 1. The largest absolute Gasteiger partial charge is 0.497 e. The van der Waals surface area contributed by atoms with Crippen LogP contribution in [-0.4, -0.2) is 85.1 Å². The van der Waals surface area contributed by atoms with E-state index in [1.165, 1.54) is 0 Å². The Morgan fingerprint density at radius 1 is 1.00 bits per heavy atom. The van der Waals surface area contributed by atoms with Crippen molar-refractivity contribution in [1.29, 1.82) is 0 Å². The number of methoxy groups -OCH3 is 1. The number of ether oxygens (including phenoxy) is 3. The van der Waals surface area contributed by atoms with Crippen molar-refractivity contribution in [1.82, 2.24) is 25.3 Å². The van der Waals surface area contributed by atoms with Gasteiger partial charge in [-0.1, -0.05) is 25.1 Å². The first-order valence-corrected chi connectivity index (χ1v) is 13.5. The van der Waals surface area contributed by atoms with Crippen LogP contribution in [0.1, 0.15) is 18.9 Å². The first kappa shape index (κ1) is 27.0. The zero-order valence-electron chi connectivity index (χ0n) is 22.8. The lowest BCUT2D eigenvalue weighted by atomic mass is 10.1. The van der Waals surface area contributed by atoms with E-state index in [1.54, 1.807) is 16.9 Å². The molecule has 210 valence electrons. The lowest BCUT2D eigenvalue weighted by molar-refractivity contribution is -0.132. The maximum absolute atomic E-state index is 13.3. The molecule has 2 aliphatic rings. The minimum Gasteiger partial charge on any atom is -0.497 e. The fraction of sp³-hybridized carbons (Fsp3) is 0.379. The smallest absolute Gasteiger partial charge is 0.318 e. The van der Waals surface area contributed by atoms with E-state index in [0.29, 0.717) is 44.2 Å². The molecule has 2 aliphatic heterocycles. The van der Waals surface area contributed by atoms with Crippen LogP contribution >= 0.6 is 0 Å². The topological polar surface area (TPSA) is 109 Å². The molecule has 1 fully saturated rings. The minimum atomic E-state index is -0.266. The van der Waals surface area contributed by atoms with Gasteiger partial charge in [0.1, 0.15) is 12.3 Å². The summed E-state index contributed by atoms with van der Waals surface area (Å²) in [4.78, 5) is 31.6. The molecule has 5 rings (SSSR count). The molecule has 1 saturated heterocycles. The van der Waals surface area contributed by atoms with Crippen LogP contribution in [0, 0.1) is 0 Å². The highest BCUT2D eigenvalue weighted by molar-refractivity contribution is 5.84. The van der Waals surface area contributed by atoms with Crippen molar-refractivity contribution >= 4 is 17.8 Å². The van der Waals surface area contributed by atoms with Gasteiger partial charge in [-0.2, -0.15) is 0 Å². The second kappa shape index (κ2) is 12.5. The third kappa shape index (κ3) is 6.36. The SMILES string of the molecule is CCCNC(=O)N(CC(=O)N1CCN(c2ccc(-c3cccc(OC)c3)nn2)CC1)Cc1ccc2c(c1)OCO2. The third-order valence-electron chi connectivity index (χ3n) is 6.92. The van der Waals surface area contributed by atoms with Gasteiger partial charge in [-0.15, -0.1) is 10.2 Å². The number of carbonyl (C=O) groups excluding carboxylic acids is 2. The molecule has 0 saturated carbocycles. The van der Waals surface area contributed by atoms with E-state index < -0.39 is 0 Å². The van der Waals surface area contributed by atoms with E-state index in [-0.39, 0.29) is 31.8 Å². The molecule has 1 N–H and O–H groups in total. The van der Waals surface area contributed by atoms with Crippen molar-refractivity contribution in [2.75, 3.05) is 58.1 Å². The summed E-state index contributed by atoms with van der Waals surface area (Å²) >= 11 is 0. The molecule has 0 bridgehead atoms. The summed E-state index contributed by atoms with van der Waals surface area (Å²) in [5.74, 6) is 2.77. The summed E-state index contributed by atoms with van der Waals surface area (Å²) in [6.45, 7) is 5.31. The Labute approximate surface area is 233 Å². The van der Waals surface area contributed by atoms with Crippen molar-refractivity contribution in [2.45, 2.75) is 19.9 Å². The molecule has 2 aromatic carbocycles. The van der Waals surface area contributed by atoms with E-state index in [2.05, 4.69) is 20.4 Å². The molecule has 11 nitrogen and oxygen atoms in total. The molecule has 0 spiro atoms. The number of amides is 3. The maximum atomic E-state index is 13.3. The number of piperazine rings is 1. The molecular formula is C29H34N6O5. The maximum Gasteiger partial charge on any atom is 0.318 e. The van der Waals surface area contributed by atoms with Crippen molar-refractivity contribution in [3.63, 3.8) is 0 Å². The summed E-state index contributed by atoms with van der Waals surface area (Å²) < 4.78 is 16.2. The Morgan fingerprint density at radius 3 is 2.58 bits per heavy atom. The van der Waals surface area contributed by atoms with Crippen LogP contribution in [0.5, 0.6) is 17.2 Å². The van der Waals surface area contributed by atoms with E-state index in [1.807, 2.05) is 61.5 Å². The molecule has 3 aromatic rings. The van der Waals surface area contributed by atoms with Crippen LogP contribution in [-0.2, 0) is 11.3 Å². The van der Waals surface area contributed by atoms with Gasteiger partial charge in [0.25, 0.3) is 0 Å². The van der Waals surface area contributed by atoms with Crippen LogP contribution in [0.25, 0.3) is 11.3 Å². The lowest BCUT2D eigenvalue weighted by Gasteiger charge is -2.36. The minimum absolute atomic E-state index is 0.0149. The van der Waals surface area contributed by atoms with Gasteiger partial charge < -0.3 is 34.2 Å². The highest BCUT2D eigenvalue weighted by Crippen LogP contribution is 2.33. The predicted molar refractivity (Wildman–Crippen MR) is 149 cm³/mol. The molecule has 3 heterocycles. The fourth-order valence-electron chi connectivity index (χ4n) is 4.68. The number of fused-ring (bicyclic) bond motifs is 1. The van der Waals surface area contributed by atoms with E-state index >= 15 is 0 Å². The van der Waals surface area contributed by atoms with Crippen LogP contribution in [0.4, 0.5) is 10.6 Å². The van der Waals surface area contributed by atoms with Crippen molar-refractivity contribution < 1.29 is 23.8 Å². The molecule has 1 aromatic heterocycles. The summed E-state index contributed by atoms with van der Waals surface area (Å²) in [6, 6.07) is 16.9. The van der Waals surface area contributed by atoms with Crippen LogP contribution in [0.15, 0.2) is 54.6 Å². The van der Waals surface area contributed by atoms with Gasteiger partial charge in [-0.25, -0.2) is 4.79 Å². The van der Waals surface area contributed by atoms with E-state index in [0.717, 1.165) is 34.8 Å². The number of nitrogens with zero attached hydrogens (tertiary/aromatic N) is 5. The highest BCUT2D eigenvalue weighted by Gasteiger charge is 2.26. The van der Waals surface area contributed by atoms with E-state index in [9.17, 15) is 9.59 Å². The summed E-state index contributed by atoms with van der Waals surface area (Å²) in [5.41, 5.74) is 2.56. The van der Waals surface area contributed by atoms with Crippen LogP contribution in [0.3, 0.4) is 0 Å². The number of rotatable bonds is 9. The zero-order valence-corrected chi connectivity index (χ0v) is 22.8. The molecule has 0 radical (unpaired) electrons. The molecule has 0 atom stereocenters. The average molecular weight is 547 g/mol. The zero-order chi connectivity index (χ0) is 27.9. The molecular weight excluding hydrogens is 512 g/mol. The monoisotopic (exact) mass is 546 g/mol. The molecule has 3 amide bonds. The van der Waals surface area contributed by atoms with Crippen LogP contribution < -0.4 is 24.4 Å². The number of hydrogen-bond donors (Lipinski definition) is 1. The fourth-order valence-corrected chi connectivity index (χ4v) is 4.68. The van der Waals surface area contributed by atoms with Gasteiger partial charge in [0.05, 0.1) is 12.8 Å². The molecule has 0 unspecified atom stereocenters. The normalized spacial score (nSPS) is 14.2. The Bertz CT molecular complexity index is 1330. The summed E-state index contributed by atoms with van der Waals surface area (Å²) in [5, 5.41) is 11.7. The molecule has 0 aliphatic carbocycles. The number of hydrogen-bond acceptors (Lipinski definition) is 8. The van der Waals surface area contributed by atoms with Crippen molar-refractivity contribution in [3.05, 3.63) is 60.2 Å². The Balaban J connectivity index is 1.18. The van der Waals surface area contributed by atoms with Crippen molar-refractivity contribution in [3.8, 4) is 28.5 Å². The second-order valence-electron chi connectivity index (χ2n) is 9.65. The summed E-state index contributed by atoms with van der Waals surface area (Å²) in [6.07, 6.45) is 0.808. The van der Waals surface area contributed by atoms with E-state index in [4.69, 9.17) is 14.2 Å². The average Bonchev–Trinajstić information content (AvgIpc) is 3.48. The van der Waals surface area contributed by atoms with Gasteiger partial charge in [-0.3, -0.25) is 4.79 Å². The quantitative estimate of drug-likeness (QED) is 0.436. The van der Waals surface area contributed by atoms with Gasteiger partial charge >= 0.3 is 6.03 Å². The number of urea groups is 1. The number of benzene rings is 2. The first-order valence-electron chi connectivity index (χ1n) is 13.5. The number of carbonyl (C=O) groups is 2. The standard InChI is InChI=1S/C29H34N6O5/c1-3-11-30-29(37)35(18-21-7-9-25-26(16-21)40-20-39-25)19-28(36)34-14-12-33(13-15-34)27-10-8-24(31-32-27)22-5-4-6-23(17-22)38-2/h4-10,16-17H,3,11-15,18-20H2,1-2H3,(H,30,37). The third-order valence-corrected chi connectivity index (χ3v) is 6.92. The predicted octanol–water partition coefficient (Wildman–Crippen LogP) is 3.15. The number of nitrogens with one attached hydrogen (secondary N) is 1. The van der Waals surface area contributed by atoms with Crippen LogP contribution in [0.2, 0.25) is 0 Å². The lowest BCUT2D eigenvalue weighted by Crippen LogP contribution is -2.53. The summed E-state index contributed by atoms with van der Waals surface area (Å²) in [7, 11) is 1.64. The van der Waals surface area contributed by atoms with Gasteiger partial charge in [0, 0.05) is 44.8 Å². The molecule has 40 heavy (non-hydrogen) atoms. The van der Waals surface area contributed by atoms with Gasteiger partial charge in [0.15, 0.2) is 17.3 Å². The van der Waals surface area contributed by atoms with Gasteiger partial charge in [-0.05, 0) is 48.4 Å².